The van der Waals surface area contributed by atoms with E-state index in [-0.39, 0.29) is 24.9 Å². The van der Waals surface area contributed by atoms with Gasteiger partial charge in [0.1, 0.15) is 18.2 Å². The molecule has 0 heterocycles. The first-order valence-corrected chi connectivity index (χ1v) is 11.4. The first-order chi connectivity index (χ1) is 15.7. The number of carbonyl (C=O) groups is 3. The summed E-state index contributed by atoms with van der Waals surface area (Å²) in [5, 5.41) is 14.7. The van der Waals surface area contributed by atoms with Crippen molar-refractivity contribution < 1.29 is 24.2 Å². The summed E-state index contributed by atoms with van der Waals surface area (Å²) in [4.78, 5) is 37.2. The molecule has 2 aromatic rings. The van der Waals surface area contributed by atoms with Crippen LogP contribution in [-0.4, -0.2) is 41.3 Å². The van der Waals surface area contributed by atoms with Crippen LogP contribution in [0.5, 0.6) is 0 Å². The average molecular weight is 453 g/mol. The van der Waals surface area contributed by atoms with Gasteiger partial charge in [-0.25, -0.2) is 9.59 Å². The van der Waals surface area contributed by atoms with Gasteiger partial charge in [0.25, 0.3) is 0 Å². The van der Waals surface area contributed by atoms with Crippen molar-refractivity contribution in [1.29, 1.82) is 0 Å². The van der Waals surface area contributed by atoms with Crippen LogP contribution in [0.4, 0.5) is 4.79 Å². The molecule has 0 fully saturated rings. The first-order valence-electron chi connectivity index (χ1n) is 11.4. The number of aliphatic carboxylic acids is 1. The molecule has 0 aromatic heterocycles. The summed E-state index contributed by atoms with van der Waals surface area (Å²) in [6.45, 7) is 7.01. The normalized spacial score (nSPS) is 16.0. The molecule has 0 saturated carbocycles. The molecule has 0 aliphatic heterocycles. The minimum Gasteiger partial charge on any atom is -0.480 e. The molecular formula is C26H32N2O5. The lowest BCUT2D eigenvalue weighted by Gasteiger charge is -2.30. The summed E-state index contributed by atoms with van der Waals surface area (Å²) in [6.07, 6.45) is 0.134. The Balaban J connectivity index is 1.70. The van der Waals surface area contributed by atoms with E-state index in [0.29, 0.717) is 6.42 Å². The van der Waals surface area contributed by atoms with Gasteiger partial charge >= 0.3 is 12.1 Å². The number of carboxylic acid groups (broad SMARTS) is 1. The number of alkyl carbamates (subject to hydrolysis) is 1. The summed E-state index contributed by atoms with van der Waals surface area (Å²) >= 11 is 0. The molecule has 0 radical (unpaired) electrons. The maximum atomic E-state index is 12.9. The third kappa shape index (κ3) is 5.02. The lowest BCUT2D eigenvalue weighted by atomic mass is 9.94. The van der Waals surface area contributed by atoms with Gasteiger partial charge in [-0.1, -0.05) is 75.7 Å². The number of carbonyl (C=O) groups excluding carboxylic acids is 2. The highest BCUT2D eigenvalue weighted by molar-refractivity contribution is 5.91. The predicted molar refractivity (Wildman–Crippen MR) is 126 cm³/mol. The summed E-state index contributed by atoms with van der Waals surface area (Å²) in [6, 6.07) is 15.2. The number of fused-ring (bicyclic) bond motifs is 3. The van der Waals surface area contributed by atoms with Gasteiger partial charge in [0.05, 0.1) is 0 Å². The van der Waals surface area contributed by atoms with E-state index in [1.54, 1.807) is 6.92 Å². The highest BCUT2D eigenvalue weighted by atomic mass is 16.5. The number of ether oxygens (including phenoxy) is 1. The van der Waals surface area contributed by atoms with Crippen LogP contribution in [0.1, 0.15) is 57.6 Å². The highest BCUT2D eigenvalue weighted by Gasteiger charge is 2.37. The van der Waals surface area contributed by atoms with Crippen molar-refractivity contribution in [2.24, 2.45) is 5.92 Å². The average Bonchev–Trinajstić information content (AvgIpc) is 3.14. The zero-order chi connectivity index (χ0) is 24.2. The minimum atomic E-state index is -1.41. The maximum absolute atomic E-state index is 12.9. The standard InChI is InChI=1S/C26H32N2O5/c1-5-16(3)22(23(29)28-26(4,6-2)24(30)31)27-25(32)33-15-21-19-13-9-7-11-17(19)18-12-8-10-14-20(18)21/h7-14,16,21-22H,5-6,15H2,1-4H3,(H,27,32)(H,28,29)(H,30,31). The maximum Gasteiger partial charge on any atom is 0.407 e. The molecule has 2 amide bonds. The van der Waals surface area contributed by atoms with Crippen molar-refractivity contribution in [2.45, 2.75) is 58.0 Å². The third-order valence-corrected chi connectivity index (χ3v) is 6.69. The second-order valence-corrected chi connectivity index (χ2v) is 8.81. The number of rotatable bonds is 9. The molecular weight excluding hydrogens is 420 g/mol. The van der Waals surface area contributed by atoms with Crippen LogP contribution in [0.2, 0.25) is 0 Å². The molecule has 1 aliphatic rings. The van der Waals surface area contributed by atoms with Crippen molar-refractivity contribution in [3.05, 3.63) is 59.7 Å². The zero-order valence-electron chi connectivity index (χ0n) is 19.6. The van der Waals surface area contributed by atoms with Gasteiger partial charge in [0.15, 0.2) is 0 Å². The molecule has 3 unspecified atom stereocenters. The van der Waals surface area contributed by atoms with E-state index in [4.69, 9.17) is 4.74 Å². The van der Waals surface area contributed by atoms with E-state index >= 15 is 0 Å². The Morgan fingerprint density at radius 3 is 2.06 bits per heavy atom. The van der Waals surface area contributed by atoms with Crippen LogP contribution in [0.25, 0.3) is 11.1 Å². The number of nitrogens with one attached hydrogen (secondary N) is 2. The molecule has 7 heteroatoms. The second kappa shape index (κ2) is 10.1. The Kier molecular flexibility index (Phi) is 7.41. The smallest absolute Gasteiger partial charge is 0.407 e. The zero-order valence-corrected chi connectivity index (χ0v) is 19.6. The van der Waals surface area contributed by atoms with Crippen molar-refractivity contribution in [3.8, 4) is 11.1 Å². The number of carboxylic acids is 1. The molecule has 1 aliphatic carbocycles. The van der Waals surface area contributed by atoms with Gasteiger partial charge in [0.2, 0.25) is 5.91 Å². The van der Waals surface area contributed by atoms with Crippen molar-refractivity contribution in [2.75, 3.05) is 6.61 Å². The van der Waals surface area contributed by atoms with Crippen molar-refractivity contribution in [3.63, 3.8) is 0 Å². The molecule has 2 aromatic carbocycles. The molecule has 33 heavy (non-hydrogen) atoms. The quantitative estimate of drug-likeness (QED) is 0.526. The minimum absolute atomic E-state index is 0.0885. The summed E-state index contributed by atoms with van der Waals surface area (Å²) in [5.74, 6) is -1.96. The molecule has 3 rings (SSSR count). The van der Waals surface area contributed by atoms with Gasteiger partial charge < -0.3 is 20.5 Å². The SMILES string of the molecule is CCC(C)C(NC(=O)OCC1c2ccccc2-c2ccccc21)C(=O)NC(C)(CC)C(=O)O. The second-order valence-electron chi connectivity index (χ2n) is 8.81. The lowest BCUT2D eigenvalue weighted by Crippen LogP contribution is -2.59. The fourth-order valence-corrected chi connectivity index (χ4v) is 4.11. The third-order valence-electron chi connectivity index (χ3n) is 6.69. The van der Waals surface area contributed by atoms with Crippen molar-refractivity contribution in [1.82, 2.24) is 10.6 Å². The van der Waals surface area contributed by atoms with Crippen LogP contribution in [0, 0.1) is 5.92 Å². The Bertz CT molecular complexity index is 991. The Hall–Kier alpha value is -3.35. The van der Waals surface area contributed by atoms with E-state index < -0.39 is 29.6 Å². The molecule has 3 atom stereocenters. The molecule has 0 saturated heterocycles. The van der Waals surface area contributed by atoms with Gasteiger partial charge in [-0.3, -0.25) is 4.79 Å². The van der Waals surface area contributed by atoms with Crippen LogP contribution < -0.4 is 10.6 Å². The first kappa shape index (κ1) is 24.3. The van der Waals surface area contributed by atoms with E-state index in [2.05, 4.69) is 22.8 Å². The van der Waals surface area contributed by atoms with Gasteiger partial charge in [0, 0.05) is 5.92 Å². The fourth-order valence-electron chi connectivity index (χ4n) is 4.11. The summed E-state index contributed by atoms with van der Waals surface area (Å²) < 4.78 is 5.57. The Labute approximate surface area is 194 Å². The lowest BCUT2D eigenvalue weighted by molar-refractivity contribution is -0.147. The summed E-state index contributed by atoms with van der Waals surface area (Å²) in [7, 11) is 0. The number of hydrogen-bond donors (Lipinski definition) is 3. The Morgan fingerprint density at radius 2 is 1.58 bits per heavy atom. The number of hydrogen-bond acceptors (Lipinski definition) is 4. The van der Waals surface area contributed by atoms with Crippen LogP contribution in [0.3, 0.4) is 0 Å². The largest absolute Gasteiger partial charge is 0.480 e. The van der Waals surface area contributed by atoms with E-state index in [1.807, 2.05) is 50.2 Å². The van der Waals surface area contributed by atoms with E-state index in [1.165, 1.54) is 6.92 Å². The predicted octanol–water partition coefficient (Wildman–Crippen LogP) is 4.31. The monoisotopic (exact) mass is 452 g/mol. The fraction of sp³-hybridized carbons (Fsp3) is 0.423. The van der Waals surface area contributed by atoms with Crippen LogP contribution in [0.15, 0.2) is 48.5 Å². The van der Waals surface area contributed by atoms with Crippen LogP contribution in [-0.2, 0) is 14.3 Å². The molecule has 176 valence electrons. The molecule has 7 nitrogen and oxygen atoms in total. The highest BCUT2D eigenvalue weighted by Crippen LogP contribution is 2.44. The molecule has 3 N–H and O–H groups in total. The number of benzene rings is 2. The van der Waals surface area contributed by atoms with Crippen molar-refractivity contribution >= 4 is 18.0 Å². The van der Waals surface area contributed by atoms with E-state index in [0.717, 1.165) is 22.3 Å². The Morgan fingerprint density at radius 1 is 1.03 bits per heavy atom. The van der Waals surface area contributed by atoms with E-state index in [9.17, 15) is 19.5 Å². The van der Waals surface area contributed by atoms with Crippen LogP contribution >= 0.6 is 0 Å². The number of amides is 2. The van der Waals surface area contributed by atoms with Gasteiger partial charge in [-0.2, -0.15) is 0 Å². The summed E-state index contributed by atoms with van der Waals surface area (Å²) in [5.41, 5.74) is 3.05. The topological polar surface area (TPSA) is 105 Å². The van der Waals surface area contributed by atoms with Gasteiger partial charge in [-0.15, -0.1) is 0 Å². The van der Waals surface area contributed by atoms with Gasteiger partial charge in [-0.05, 0) is 41.5 Å². The molecule has 0 bridgehead atoms. The molecule has 0 spiro atoms.